The average molecular weight is 241 g/mol. The number of ether oxygens (including phenoxy) is 1. The molecule has 2 N–H and O–H groups in total. The Bertz CT molecular complexity index is 399. The summed E-state index contributed by atoms with van der Waals surface area (Å²) in [7, 11) is 0. The monoisotopic (exact) mass is 241 g/mol. The molecule has 0 radical (unpaired) electrons. The second-order valence-electron chi connectivity index (χ2n) is 2.87. The van der Waals surface area contributed by atoms with Crippen molar-refractivity contribution in [3.05, 3.63) is 34.5 Å². The van der Waals surface area contributed by atoms with E-state index in [-0.39, 0.29) is 18.0 Å². The van der Waals surface area contributed by atoms with Gasteiger partial charge in [-0.25, -0.2) is 9.59 Å². The van der Waals surface area contributed by atoms with Crippen molar-refractivity contribution in [2.75, 3.05) is 6.61 Å². The van der Waals surface area contributed by atoms with Gasteiger partial charge in [-0.15, -0.1) is 11.3 Å². The maximum atomic E-state index is 11.0. The summed E-state index contributed by atoms with van der Waals surface area (Å²) in [5, 5.41) is 12.8. The molecule has 0 saturated heterocycles. The van der Waals surface area contributed by atoms with E-state index in [2.05, 4.69) is 16.6 Å². The molecule has 0 unspecified atom stereocenters. The summed E-state index contributed by atoms with van der Waals surface area (Å²) in [6.07, 6.45) is 0.912. The van der Waals surface area contributed by atoms with E-state index in [1.807, 2.05) is 0 Å². The number of carboxylic acid groups (broad SMARTS) is 1. The average Bonchev–Trinajstić information content (AvgIpc) is 2.72. The van der Waals surface area contributed by atoms with E-state index in [9.17, 15) is 9.59 Å². The molecule has 0 aromatic carbocycles. The van der Waals surface area contributed by atoms with Gasteiger partial charge in [0.2, 0.25) is 0 Å². The topological polar surface area (TPSA) is 75.6 Å². The van der Waals surface area contributed by atoms with Gasteiger partial charge in [0.1, 0.15) is 11.5 Å². The molecular formula is C10H11NO4S. The van der Waals surface area contributed by atoms with Gasteiger partial charge in [0, 0.05) is 6.54 Å². The van der Waals surface area contributed by atoms with Crippen molar-refractivity contribution in [1.29, 1.82) is 0 Å². The molecular weight excluding hydrogens is 230 g/mol. The third-order valence-corrected chi connectivity index (χ3v) is 2.60. The third-order valence-electron chi connectivity index (χ3n) is 1.63. The van der Waals surface area contributed by atoms with Crippen LogP contribution >= 0.6 is 11.3 Å². The van der Waals surface area contributed by atoms with Crippen LogP contribution in [0, 0.1) is 0 Å². The second kappa shape index (κ2) is 5.92. The molecule has 0 bridgehead atoms. The molecule has 86 valence electrons. The number of thiophene rings is 1. The van der Waals surface area contributed by atoms with Crippen LogP contribution in [0.2, 0.25) is 0 Å². The second-order valence-corrected chi connectivity index (χ2v) is 3.78. The zero-order valence-corrected chi connectivity index (χ0v) is 9.25. The minimum atomic E-state index is -0.967. The Balaban J connectivity index is 2.39. The van der Waals surface area contributed by atoms with Gasteiger partial charge in [-0.05, 0) is 17.0 Å². The predicted molar refractivity (Wildman–Crippen MR) is 59.7 cm³/mol. The summed E-state index contributed by atoms with van der Waals surface area (Å²) in [5.41, 5.74) is 0.734. The molecule has 1 heterocycles. The van der Waals surface area contributed by atoms with Crippen LogP contribution in [0.3, 0.4) is 0 Å². The summed E-state index contributed by atoms with van der Waals surface area (Å²) in [6.45, 7) is 3.80. The molecule has 1 aromatic rings. The van der Waals surface area contributed by atoms with E-state index in [1.54, 1.807) is 5.38 Å². The Kier molecular flexibility index (Phi) is 4.53. The van der Waals surface area contributed by atoms with E-state index >= 15 is 0 Å². The zero-order valence-electron chi connectivity index (χ0n) is 8.43. The first-order valence-electron chi connectivity index (χ1n) is 4.45. The molecule has 1 amide bonds. The van der Waals surface area contributed by atoms with Crippen LogP contribution in [-0.4, -0.2) is 23.8 Å². The van der Waals surface area contributed by atoms with Gasteiger partial charge < -0.3 is 15.2 Å². The van der Waals surface area contributed by atoms with Gasteiger partial charge >= 0.3 is 12.1 Å². The number of hydrogen-bond donors (Lipinski definition) is 2. The third kappa shape index (κ3) is 3.74. The molecule has 16 heavy (non-hydrogen) atoms. The Morgan fingerprint density at radius 1 is 1.62 bits per heavy atom. The molecule has 0 aliphatic heterocycles. The Labute approximate surface area is 96.4 Å². The maximum Gasteiger partial charge on any atom is 0.407 e. The van der Waals surface area contributed by atoms with Crippen LogP contribution in [-0.2, 0) is 11.3 Å². The molecule has 1 rings (SSSR count). The number of carbonyl (C=O) groups excluding carboxylic acids is 1. The van der Waals surface area contributed by atoms with Gasteiger partial charge in [0.05, 0.1) is 0 Å². The van der Waals surface area contributed by atoms with Crippen LogP contribution < -0.4 is 5.32 Å². The van der Waals surface area contributed by atoms with E-state index in [1.165, 1.54) is 12.1 Å². The number of amides is 1. The first kappa shape index (κ1) is 12.3. The van der Waals surface area contributed by atoms with Gasteiger partial charge in [-0.3, -0.25) is 0 Å². The first-order chi connectivity index (χ1) is 7.63. The number of rotatable bonds is 5. The first-order valence-corrected chi connectivity index (χ1v) is 5.33. The summed E-state index contributed by atoms with van der Waals surface area (Å²) in [5.74, 6) is -0.967. The van der Waals surface area contributed by atoms with E-state index in [0.29, 0.717) is 0 Å². The summed E-state index contributed by atoms with van der Waals surface area (Å²) in [6, 6.07) is 1.51. The van der Waals surface area contributed by atoms with Crippen LogP contribution in [0.1, 0.15) is 15.2 Å². The Morgan fingerprint density at radius 3 is 2.94 bits per heavy atom. The van der Waals surface area contributed by atoms with Gasteiger partial charge in [0.15, 0.2) is 0 Å². The van der Waals surface area contributed by atoms with Crippen LogP contribution in [0.4, 0.5) is 4.79 Å². The molecule has 0 atom stereocenters. The normalized spacial score (nSPS) is 9.50. The number of alkyl carbamates (subject to hydrolysis) is 1. The largest absolute Gasteiger partial charge is 0.477 e. The smallest absolute Gasteiger partial charge is 0.407 e. The van der Waals surface area contributed by atoms with Gasteiger partial charge in [-0.2, -0.15) is 0 Å². The van der Waals surface area contributed by atoms with Crippen LogP contribution in [0.5, 0.6) is 0 Å². The standard InChI is InChI=1S/C10H11NO4S/c1-2-3-15-10(14)11-5-7-4-8(9(12)13)16-6-7/h2,4,6H,1,3,5H2,(H,11,14)(H,12,13). The highest BCUT2D eigenvalue weighted by Gasteiger charge is 2.07. The van der Waals surface area contributed by atoms with E-state index in [4.69, 9.17) is 5.11 Å². The van der Waals surface area contributed by atoms with Crippen molar-refractivity contribution >= 4 is 23.4 Å². The molecule has 0 aliphatic rings. The van der Waals surface area contributed by atoms with Crippen molar-refractivity contribution < 1.29 is 19.4 Å². The Hall–Kier alpha value is -1.82. The number of hydrogen-bond acceptors (Lipinski definition) is 4. The fourth-order valence-corrected chi connectivity index (χ4v) is 1.69. The van der Waals surface area contributed by atoms with Crippen molar-refractivity contribution in [2.24, 2.45) is 0 Å². The van der Waals surface area contributed by atoms with Crippen molar-refractivity contribution in [1.82, 2.24) is 5.32 Å². The molecule has 1 aromatic heterocycles. The molecule has 0 fully saturated rings. The maximum absolute atomic E-state index is 11.0. The number of nitrogens with one attached hydrogen (secondary N) is 1. The minimum absolute atomic E-state index is 0.149. The van der Waals surface area contributed by atoms with Gasteiger partial charge in [-0.1, -0.05) is 12.7 Å². The van der Waals surface area contributed by atoms with Crippen molar-refractivity contribution in [2.45, 2.75) is 6.54 Å². The number of carboxylic acids is 1. The lowest BCUT2D eigenvalue weighted by molar-refractivity contribution is 0.0702. The zero-order chi connectivity index (χ0) is 12.0. The molecule has 0 aliphatic carbocycles. The fraction of sp³-hybridized carbons (Fsp3) is 0.200. The van der Waals surface area contributed by atoms with Crippen LogP contribution in [0.25, 0.3) is 0 Å². The minimum Gasteiger partial charge on any atom is -0.477 e. The molecule has 5 nitrogen and oxygen atoms in total. The molecule has 0 spiro atoms. The number of carbonyl (C=O) groups is 2. The van der Waals surface area contributed by atoms with Crippen LogP contribution in [0.15, 0.2) is 24.1 Å². The molecule has 0 saturated carbocycles. The lowest BCUT2D eigenvalue weighted by Gasteiger charge is -2.03. The highest BCUT2D eigenvalue weighted by molar-refractivity contribution is 7.12. The summed E-state index contributed by atoms with van der Waals surface area (Å²) >= 11 is 1.12. The highest BCUT2D eigenvalue weighted by Crippen LogP contribution is 2.14. The number of aromatic carboxylic acids is 1. The lowest BCUT2D eigenvalue weighted by Crippen LogP contribution is -2.23. The van der Waals surface area contributed by atoms with E-state index < -0.39 is 12.1 Å². The van der Waals surface area contributed by atoms with Crippen molar-refractivity contribution in [3.8, 4) is 0 Å². The fourth-order valence-electron chi connectivity index (χ4n) is 0.940. The Morgan fingerprint density at radius 2 is 2.38 bits per heavy atom. The van der Waals surface area contributed by atoms with E-state index in [0.717, 1.165) is 16.9 Å². The quantitative estimate of drug-likeness (QED) is 0.771. The van der Waals surface area contributed by atoms with Gasteiger partial charge in [0.25, 0.3) is 0 Å². The lowest BCUT2D eigenvalue weighted by atomic mass is 10.3. The summed E-state index contributed by atoms with van der Waals surface area (Å²) < 4.78 is 4.69. The van der Waals surface area contributed by atoms with Crippen molar-refractivity contribution in [3.63, 3.8) is 0 Å². The molecule has 6 heteroatoms. The predicted octanol–water partition coefficient (Wildman–Crippen LogP) is 1.86. The highest BCUT2D eigenvalue weighted by atomic mass is 32.1. The SMILES string of the molecule is C=CCOC(=O)NCc1csc(C(=O)O)c1. The summed E-state index contributed by atoms with van der Waals surface area (Å²) in [4.78, 5) is 21.8.